The van der Waals surface area contributed by atoms with Crippen LogP contribution in [0.1, 0.15) is 32.1 Å². The third kappa shape index (κ3) is 4.08. The first-order valence-electron chi connectivity index (χ1n) is 7.96. The fraction of sp³-hybridized carbons (Fsp3) is 0.467. The molecule has 1 N–H and O–H groups in total. The van der Waals surface area contributed by atoms with E-state index in [2.05, 4.69) is 44.5 Å². The van der Waals surface area contributed by atoms with Gasteiger partial charge in [-0.05, 0) is 18.4 Å². The summed E-state index contributed by atoms with van der Waals surface area (Å²) in [5, 5.41) is 18.8. The minimum atomic E-state index is -0.251. The molecule has 0 fully saturated rings. The highest BCUT2D eigenvalue weighted by Gasteiger charge is 2.20. The van der Waals surface area contributed by atoms with Crippen LogP contribution in [0.2, 0.25) is 0 Å². The first-order valence-corrected chi connectivity index (χ1v) is 7.96. The zero-order valence-corrected chi connectivity index (χ0v) is 14.3. The average Bonchev–Trinajstić information content (AvgIpc) is 3.19. The van der Waals surface area contributed by atoms with E-state index in [1.165, 1.54) is 17.2 Å². The number of aromatic nitrogens is 7. The second-order valence-electron chi connectivity index (χ2n) is 6.09. The van der Waals surface area contributed by atoms with Gasteiger partial charge in [0.1, 0.15) is 18.5 Å². The number of ether oxygens (including phenoxy) is 1. The van der Waals surface area contributed by atoms with Gasteiger partial charge in [-0.15, -0.1) is 15.3 Å². The number of nitrogens with one attached hydrogen (secondary N) is 1. The molecule has 0 saturated heterocycles. The molecule has 0 aromatic carbocycles. The molecule has 0 unspecified atom stereocenters. The minimum absolute atomic E-state index is 0.146. The molecule has 0 aliphatic heterocycles. The number of carbonyl (C=O) groups excluding carboxylic acids is 1. The minimum Gasteiger partial charge on any atom is -0.467 e. The van der Waals surface area contributed by atoms with Gasteiger partial charge in [-0.25, -0.2) is 4.98 Å². The average molecular weight is 344 g/mol. The quantitative estimate of drug-likeness (QED) is 0.665. The summed E-state index contributed by atoms with van der Waals surface area (Å²) >= 11 is 0. The van der Waals surface area contributed by atoms with Crippen LogP contribution in [0.15, 0.2) is 24.8 Å². The Morgan fingerprint density at radius 1 is 1.36 bits per heavy atom. The van der Waals surface area contributed by atoms with Crippen molar-refractivity contribution in [1.82, 2.24) is 39.9 Å². The van der Waals surface area contributed by atoms with E-state index in [1.807, 2.05) is 0 Å². The number of hydrogen-bond donors (Lipinski definition) is 1. The highest BCUT2D eigenvalue weighted by atomic mass is 16.5. The lowest BCUT2D eigenvalue weighted by atomic mass is 10.0. The number of aryl methyl sites for hydroxylation is 1. The first-order chi connectivity index (χ1) is 12.0. The van der Waals surface area contributed by atoms with E-state index in [1.54, 1.807) is 23.9 Å². The SMILES string of the molecule is CC(C)C[C@@H](NC(=O)COc1ccc2nncn2n1)c1ncnn1C. The van der Waals surface area contributed by atoms with Gasteiger partial charge in [0.25, 0.3) is 5.91 Å². The summed E-state index contributed by atoms with van der Waals surface area (Å²) in [6.45, 7) is 4.03. The maximum Gasteiger partial charge on any atom is 0.258 e. The van der Waals surface area contributed by atoms with Gasteiger partial charge in [0.2, 0.25) is 5.88 Å². The third-order valence-electron chi connectivity index (χ3n) is 3.59. The fourth-order valence-corrected chi connectivity index (χ4v) is 2.48. The summed E-state index contributed by atoms with van der Waals surface area (Å²) in [6, 6.07) is 3.14. The molecule has 0 spiro atoms. The number of nitrogens with zero attached hydrogens (tertiary/aromatic N) is 7. The van der Waals surface area contributed by atoms with Gasteiger partial charge in [-0.2, -0.15) is 9.61 Å². The molecule has 1 atom stereocenters. The van der Waals surface area contributed by atoms with Crippen LogP contribution in [0.3, 0.4) is 0 Å². The van der Waals surface area contributed by atoms with E-state index in [-0.39, 0.29) is 18.6 Å². The zero-order valence-electron chi connectivity index (χ0n) is 14.3. The second kappa shape index (κ2) is 7.24. The molecule has 10 heteroatoms. The molecular formula is C15H20N8O2. The van der Waals surface area contributed by atoms with Crippen LogP contribution in [0.4, 0.5) is 0 Å². The molecule has 0 radical (unpaired) electrons. The van der Waals surface area contributed by atoms with Crippen molar-refractivity contribution in [3.05, 3.63) is 30.6 Å². The molecule has 3 aromatic rings. The lowest BCUT2D eigenvalue weighted by Gasteiger charge is -2.19. The molecular weight excluding hydrogens is 324 g/mol. The molecule has 3 aromatic heterocycles. The Bertz CT molecular complexity index is 856. The van der Waals surface area contributed by atoms with Gasteiger partial charge in [0.05, 0.1) is 6.04 Å². The van der Waals surface area contributed by atoms with E-state index in [9.17, 15) is 4.79 Å². The Kier molecular flexibility index (Phi) is 4.87. The summed E-state index contributed by atoms with van der Waals surface area (Å²) in [4.78, 5) is 16.5. The molecule has 0 aliphatic rings. The molecule has 25 heavy (non-hydrogen) atoms. The normalized spacial score (nSPS) is 12.5. The molecule has 1 amide bonds. The van der Waals surface area contributed by atoms with E-state index in [0.29, 0.717) is 23.3 Å². The Labute approximate surface area is 144 Å². The fourth-order valence-electron chi connectivity index (χ4n) is 2.48. The summed E-state index contributed by atoms with van der Waals surface area (Å²) in [5.74, 6) is 1.17. The topological polar surface area (TPSA) is 112 Å². The summed E-state index contributed by atoms with van der Waals surface area (Å²) in [6.07, 6.45) is 3.70. The summed E-state index contributed by atoms with van der Waals surface area (Å²) < 4.78 is 8.60. The Morgan fingerprint density at radius 3 is 2.92 bits per heavy atom. The summed E-state index contributed by atoms with van der Waals surface area (Å²) in [7, 11) is 1.80. The predicted octanol–water partition coefficient (Wildman–Crippen LogP) is 0.535. The zero-order chi connectivity index (χ0) is 17.8. The maximum atomic E-state index is 12.3. The van der Waals surface area contributed by atoms with Gasteiger partial charge in [0.15, 0.2) is 12.3 Å². The van der Waals surface area contributed by atoms with E-state index >= 15 is 0 Å². The molecule has 0 aliphatic carbocycles. The summed E-state index contributed by atoms with van der Waals surface area (Å²) in [5.41, 5.74) is 0.607. The van der Waals surface area contributed by atoms with Crippen molar-refractivity contribution in [2.45, 2.75) is 26.3 Å². The second-order valence-corrected chi connectivity index (χ2v) is 6.09. The van der Waals surface area contributed by atoms with Gasteiger partial charge < -0.3 is 10.1 Å². The van der Waals surface area contributed by atoms with Gasteiger partial charge in [-0.3, -0.25) is 9.48 Å². The van der Waals surface area contributed by atoms with Crippen LogP contribution in [-0.4, -0.2) is 47.1 Å². The first kappa shape index (κ1) is 16.8. The van der Waals surface area contributed by atoms with Crippen molar-refractivity contribution >= 4 is 11.6 Å². The van der Waals surface area contributed by atoms with Crippen LogP contribution in [0.25, 0.3) is 5.65 Å². The van der Waals surface area contributed by atoms with Crippen LogP contribution >= 0.6 is 0 Å². The predicted molar refractivity (Wildman–Crippen MR) is 87.6 cm³/mol. The van der Waals surface area contributed by atoms with Crippen molar-refractivity contribution in [3.63, 3.8) is 0 Å². The standard InChI is InChI=1S/C15H20N8O2/c1-10(2)6-11(15-16-8-18-22(15)3)19-13(24)7-25-14-5-4-12-20-17-9-23(12)21-14/h4-5,8-11H,6-7H2,1-3H3,(H,19,24)/t11-/m1/s1. The van der Waals surface area contributed by atoms with Crippen molar-refractivity contribution in [3.8, 4) is 5.88 Å². The lowest BCUT2D eigenvalue weighted by molar-refractivity contribution is -0.124. The number of rotatable bonds is 7. The van der Waals surface area contributed by atoms with Gasteiger partial charge in [-0.1, -0.05) is 13.8 Å². The molecule has 3 heterocycles. The molecule has 10 nitrogen and oxygen atoms in total. The van der Waals surface area contributed by atoms with Crippen molar-refractivity contribution in [2.75, 3.05) is 6.61 Å². The van der Waals surface area contributed by atoms with Crippen molar-refractivity contribution < 1.29 is 9.53 Å². The Balaban J connectivity index is 1.62. The smallest absolute Gasteiger partial charge is 0.258 e. The lowest BCUT2D eigenvalue weighted by Crippen LogP contribution is -2.34. The van der Waals surface area contributed by atoms with E-state index in [0.717, 1.165) is 6.42 Å². The Hall–Kier alpha value is -3.04. The van der Waals surface area contributed by atoms with E-state index < -0.39 is 0 Å². The van der Waals surface area contributed by atoms with Crippen LogP contribution in [-0.2, 0) is 11.8 Å². The number of carbonyl (C=O) groups is 1. The number of fused-ring (bicyclic) bond motifs is 1. The van der Waals surface area contributed by atoms with Crippen molar-refractivity contribution in [2.24, 2.45) is 13.0 Å². The largest absolute Gasteiger partial charge is 0.467 e. The van der Waals surface area contributed by atoms with Gasteiger partial charge in [0, 0.05) is 13.1 Å². The molecule has 0 bridgehead atoms. The van der Waals surface area contributed by atoms with Gasteiger partial charge >= 0.3 is 0 Å². The van der Waals surface area contributed by atoms with Crippen molar-refractivity contribution in [1.29, 1.82) is 0 Å². The monoisotopic (exact) mass is 344 g/mol. The highest BCUT2D eigenvalue weighted by Crippen LogP contribution is 2.18. The molecule has 132 valence electrons. The van der Waals surface area contributed by atoms with E-state index in [4.69, 9.17) is 4.74 Å². The number of hydrogen-bond acceptors (Lipinski definition) is 7. The van der Waals surface area contributed by atoms with Crippen LogP contribution < -0.4 is 10.1 Å². The number of amides is 1. The third-order valence-corrected chi connectivity index (χ3v) is 3.59. The van der Waals surface area contributed by atoms with Crippen LogP contribution in [0.5, 0.6) is 5.88 Å². The molecule has 3 rings (SSSR count). The maximum absolute atomic E-state index is 12.3. The highest BCUT2D eigenvalue weighted by molar-refractivity contribution is 5.77. The van der Waals surface area contributed by atoms with Crippen LogP contribution in [0, 0.1) is 5.92 Å². The molecule has 0 saturated carbocycles. The Morgan fingerprint density at radius 2 is 2.20 bits per heavy atom.